The largest absolute Gasteiger partial charge is 0.497 e. The van der Waals surface area contributed by atoms with Crippen LogP contribution in [0.15, 0.2) is 46.4 Å². The van der Waals surface area contributed by atoms with Crippen molar-refractivity contribution in [2.45, 2.75) is 0 Å². The number of aliphatic imine (C=N–C) groups is 2. The maximum absolute atomic E-state index is 11.1. The minimum absolute atomic E-state index is 0.0308. The molecule has 0 atom stereocenters. The lowest BCUT2D eigenvalue weighted by Crippen LogP contribution is -1.97. The lowest BCUT2D eigenvalue weighted by Gasteiger charge is -2.05. The van der Waals surface area contributed by atoms with E-state index in [9.17, 15) is 4.79 Å². The first-order valence-electron chi connectivity index (χ1n) is 9.00. The Morgan fingerprint density at radius 3 is 1.65 bits per heavy atom. The second-order valence-electron chi connectivity index (χ2n) is 6.11. The first kappa shape index (κ1) is 21.4. The van der Waals surface area contributed by atoms with Crippen molar-refractivity contribution in [1.29, 1.82) is 0 Å². The zero-order valence-corrected chi connectivity index (χ0v) is 17.1. The molecule has 2 aromatic carbocycles. The molecule has 10 nitrogen and oxygen atoms in total. The van der Waals surface area contributed by atoms with Crippen molar-refractivity contribution in [3.05, 3.63) is 53.1 Å². The quantitative estimate of drug-likeness (QED) is 0.434. The van der Waals surface area contributed by atoms with E-state index >= 15 is 0 Å². The van der Waals surface area contributed by atoms with Gasteiger partial charge < -0.3 is 19.9 Å². The van der Waals surface area contributed by atoms with Gasteiger partial charge in [-0.3, -0.25) is 4.79 Å². The summed E-state index contributed by atoms with van der Waals surface area (Å²) in [6.07, 6.45) is 3.76. The minimum Gasteiger partial charge on any atom is -0.497 e. The average Bonchev–Trinajstić information content (AvgIpc) is 2.80. The molecule has 0 aliphatic carbocycles. The Hall–Kier alpha value is -4.34. The number of carbonyl (C=O) groups is 1. The average molecular weight is 420 g/mol. The van der Waals surface area contributed by atoms with Crippen LogP contribution in [0.25, 0.3) is 0 Å². The van der Waals surface area contributed by atoms with Crippen LogP contribution in [0.1, 0.15) is 21.5 Å². The highest BCUT2D eigenvalue weighted by Gasteiger charge is 2.04. The summed E-state index contributed by atoms with van der Waals surface area (Å²) < 4.78 is 15.7. The first-order chi connectivity index (χ1) is 15.0. The molecule has 0 aliphatic rings. The number of aromatic nitrogens is 3. The first-order valence-corrected chi connectivity index (χ1v) is 9.00. The molecule has 0 spiro atoms. The van der Waals surface area contributed by atoms with E-state index in [0.29, 0.717) is 28.4 Å². The summed E-state index contributed by atoms with van der Waals surface area (Å²) in [6.45, 7) is 0. The molecule has 3 aromatic rings. The molecule has 0 aliphatic heterocycles. The number of benzene rings is 2. The molecule has 1 heterocycles. The smallest absolute Gasteiger partial charge is 0.256 e. The lowest BCUT2D eigenvalue weighted by molar-refractivity contribution is 0.112. The van der Waals surface area contributed by atoms with Gasteiger partial charge in [-0.1, -0.05) is 0 Å². The van der Waals surface area contributed by atoms with Gasteiger partial charge in [0.2, 0.25) is 5.95 Å². The van der Waals surface area contributed by atoms with Gasteiger partial charge in [0.05, 0.1) is 21.3 Å². The van der Waals surface area contributed by atoms with Crippen LogP contribution in [0.4, 0.5) is 17.8 Å². The molecule has 31 heavy (non-hydrogen) atoms. The zero-order chi connectivity index (χ0) is 22.2. The van der Waals surface area contributed by atoms with Crippen LogP contribution in [0, 0.1) is 0 Å². The molecule has 0 fully saturated rings. The maximum Gasteiger partial charge on any atom is 0.256 e. The fraction of sp³-hybridized carbons (Fsp3) is 0.143. The Morgan fingerprint density at radius 1 is 0.710 bits per heavy atom. The Bertz CT molecular complexity index is 1120. The maximum atomic E-state index is 11.1. The van der Waals surface area contributed by atoms with Gasteiger partial charge in [-0.05, 0) is 35.9 Å². The number of rotatable bonds is 8. The summed E-state index contributed by atoms with van der Waals surface area (Å²) in [5.41, 5.74) is 7.57. The summed E-state index contributed by atoms with van der Waals surface area (Å²) in [5, 5.41) is 0. The Morgan fingerprint density at radius 2 is 1.16 bits per heavy atom. The number of anilines is 1. The van der Waals surface area contributed by atoms with Crippen molar-refractivity contribution in [2.24, 2.45) is 9.98 Å². The molecule has 0 saturated heterocycles. The fourth-order valence-electron chi connectivity index (χ4n) is 2.56. The molecule has 10 heteroatoms. The number of methoxy groups -OCH3 is 3. The van der Waals surface area contributed by atoms with Gasteiger partial charge in [0.15, 0.2) is 0 Å². The van der Waals surface area contributed by atoms with E-state index in [4.69, 9.17) is 19.9 Å². The minimum atomic E-state index is -0.0308. The molecule has 0 saturated carbocycles. The number of aldehydes is 1. The molecule has 158 valence electrons. The van der Waals surface area contributed by atoms with E-state index in [1.807, 2.05) is 0 Å². The highest BCUT2D eigenvalue weighted by Crippen LogP contribution is 2.22. The van der Waals surface area contributed by atoms with Crippen LogP contribution in [0.5, 0.6) is 17.2 Å². The molecule has 0 unspecified atom stereocenters. The normalized spacial score (nSPS) is 11.1. The van der Waals surface area contributed by atoms with Crippen LogP contribution < -0.4 is 19.9 Å². The Labute approximate surface area is 178 Å². The van der Waals surface area contributed by atoms with E-state index in [2.05, 4.69) is 24.9 Å². The van der Waals surface area contributed by atoms with E-state index in [-0.39, 0.29) is 17.8 Å². The highest BCUT2D eigenvalue weighted by molar-refractivity contribution is 5.86. The summed E-state index contributed by atoms with van der Waals surface area (Å²) >= 11 is 0. The van der Waals surface area contributed by atoms with Crippen molar-refractivity contribution < 1.29 is 19.0 Å². The number of carbonyl (C=O) groups excluding carboxylic acids is 1. The van der Waals surface area contributed by atoms with Crippen molar-refractivity contribution in [1.82, 2.24) is 15.0 Å². The lowest BCUT2D eigenvalue weighted by atomic mass is 10.1. The molecule has 0 radical (unpaired) electrons. The van der Waals surface area contributed by atoms with Crippen molar-refractivity contribution in [2.75, 3.05) is 27.1 Å². The van der Waals surface area contributed by atoms with Crippen LogP contribution >= 0.6 is 0 Å². The summed E-state index contributed by atoms with van der Waals surface area (Å²) in [7, 11) is 4.64. The Kier molecular flexibility index (Phi) is 6.84. The number of hydrogen-bond donors (Lipinski definition) is 1. The number of ether oxygens (including phenoxy) is 3. The van der Waals surface area contributed by atoms with E-state index < -0.39 is 0 Å². The predicted octanol–water partition coefficient (Wildman–Crippen LogP) is 2.79. The van der Waals surface area contributed by atoms with Crippen LogP contribution in [0.2, 0.25) is 0 Å². The van der Waals surface area contributed by atoms with Crippen LogP contribution in [-0.4, -0.2) is 55.0 Å². The Balaban J connectivity index is 1.86. The summed E-state index contributed by atoms with van der Waals surface area (Å²) in [6, 6.07) is 10.3. The van der Waals surface area contributed by atoms with Gasteiger partial charge in [0.1, 0.15) is 23.5 Å². The van der Waals surface area contributed by atoms with Crippen LogP contribution in [-0.2, 0) is 0 Å². The van der Waals surface area contributed by atoms with Gasteiger partial charge >= 0.3 is 0 Å². The van der Waals surface area contributed by atoms with Crippen molar-refractivity contribution in [3.8, 4) is 17.2 Å². The number of nitrogens with two attached hydrogens (primary N) is 1. The number of nitrogens with zero attached hydrogens (tertiary/aromatic N) is 5. The monoisotopic (exact) mass is 420 g/mol. The van der Waals surface area contributed by atoms with E-state index in [1.165, 1.54) is 13.3 Å². The molecule has 3 rings (SSSR count). The molecule has 1 aromatic heterocycles. The van der Waals surface area contributed by atoms with Gasteiger partial charge in [0.25, 0.3) is 11.9 Å². The topological polar surface area (TPSA) is 134 Å². The highest BCUT2D eigenvalue weighted by atomic mass is 16.5. The van der Waals surface area contributed by atoms with Crippen molar-refractivity contribution >= 4 is 36.6 Å². The van der Waals surface area contributed by atoms with Crippen LogP contribution in [0.3, 0.4) is 0 Å². The second-order valence-corrected chi connectivity index (χ2v) is 6.11. The second kappa shape index (κ2) is 9.92. The van der Waals surface area contributed by atoms with Gasteiger partial charge in [-0.2, -0.15) is 15.0 Å². The van der Waals surface area contributed by atoms with E-state index in [0.717, 1.165) is 11.8 Å². The standard InChI is InChI=1S/C21H20N6O4/c1-29-16-5-13(4-15(8-16)12-28)10-23-20-25-19(22)26-21(27-20)24-11-14-6-17(30-2)9-18(7-14)31-3/h4-12H,1-3H3,(H2,22,25,26,27). The summed E-state index contributed by atoms with van der Waals surface area (Å²) in [4.78, 5) is 31.7. The zero-order valence-electron chi connectivity index (χ0n) is 17.1. The van der Waals surface area contributed by atoms with E-state index in [1.54, 1.807) is 56.8 Å². The third kappa shape index (κ3) is 5.82. The third-order valence-electron chi connectivity index (χ3n) is 3.98. The molecular formula is C21H20N6O4. The molecule has 0 amide bonds. The van der Waals surface area contributed by atoms with Gasteiger partial charge in [-0.25, -0.2) is 9.98 Å². The number of hydrogen-bond acceptors (Lipinski definition) is 10. The third-order valence-corrected chi connectivity index (χ3v) is 3.98. The van der Waals surface area contributed by atoms with Crippen molar-refractivity contribution in [3.63, 3.8) is 0 Å². The molecular weight excluding hydrogens is 400 g/mol. The molecule has 0 bridgehead atoms. The number of nitrogen functional groups attached to an aromatic ring is 1. The predicted molar refractivity (Wildman–Crippen MR) is 117 cm³/mol. The molecule has 2 N–H and O–H groups in total. The summed E-state index contributed by atoms with van der Waals surface area (Å²) in [5.74, 6) is 1.89. The SMILES string of the molecule is COc1cc(C=O)cc(C=Nc2nc(N)nc(N=Cc3cc(OC)cc(OC)c3)n2)c1. The van der Waals surface area contributed by atoms with Gasteiger partial charge in [-0.15, -0.1) is 0 Å². The van der Waals surface area contributed by atoms with Gasteiger partial charge in [0, 0.05) is 29.6 Å². The fourth-order valence-corrected chi connectivity index (χ4v) is 2.56.